The van der Waals surface area contributed by atoms with Gasteiger partial charge in [-0.25, -0.2) is 0 Å². The van der Waals surface area contributed by atoms with Gasteiger partial charge in [0.2, 0.25) is 0 Å². The van der Waals surface area contributed by atoms with E-state index in [1.165, 1.54) is 0 Å². The molecule has 150 heavy (non-hydrogen) atoms. The summed E-state index contributed by atoms with van der Waals surface area (Å²) < 4.78 is 23.2. The Hall–Kier alpha value is -21.2. The van der Waals surface area contributed by atoms with Crippen molar-refractivity contribution in [2.75, 3.05) is 0 Å². The van der Waals surface area contributed by atoms with Crippen LogP contribution in [-0.2, 0) is 0 Å². The quantitative estimate of drug-likeness (QED) is 0.127. The minimum atomic E-state index is 0.278. The molecule has 10 aromatic heterocycles. The van der Waals surface area contributed by atoms with Crippen LogP contribution in [0.5, 0.6) is 0 Å². The van der Waals surface area contributed by atoms with Gasteiger partial charge in [0.15, 0.2) is 0 Å². The van der Waals surface area contributed by atoms with Crippen molar-refractivity contribution in [1.82, 2.24) is 45.7 Å². The van der Waals surface area contributed by atoms with Gasteiger partial charge in [-0.15, -0.1) is 0 Å². The largest absolute Gasteiger partial charge is 0.309 e. The van der Waals surface area contributed by atoms with Crippen molar-refractivity contribution in [3.8, 4) is 92.3 Å². The van der Waals surface area contributed by atoms with Gasteiger partial charge in [0, 0.05) is 119 Å². The molecule has 0 aliphatic rings. The van der Waals surface area contributed by atoms with Gasteiger partial charge in [-0.1, -0.05) is 322 Å². The molecule has 32 aromatic rings. The normalized spacial score (nSPS) is 12.1. The highest BCUT2D eigenvalue weighted by atomic mass is 15.2. The summed E-state index contributed by atoms with van der Waals surface area (Å²) in [4.78, 5) is 0. The van der Waals surface area contributed by atoms with Crippen LogP contribution in [0, 0.1) is 45.3 Å². The lowest BCUT2D eigenvalue weighted by Gasteiger charge is -2.27. The molecular weight excluding hydrogens is 1830 g/mol. The number of aromatic nitrogens is 10. The molecule has 0 atom stereocenters. The molecule has 10 heterocycles. The summed E-state index contributed by atoms with van der Waals surface area (Å²) in [6.45, 7) is 0. The molecule has 0 radical (unpaired) electrons. The molecule has 0 spiro atoms. The SMILES string of the molecule is N#Cc1c(-n2c3ccccc3c3ccccc32)c(-n2c3ccccc3c3ccccc32)c(-n2c3ccccc3c3cc(-c4ccc5c(c4)c4ccccc4n5-c4c(C#N)c(-n5c6ccccc6c6ccc7c8ccccc8n(-c8ccccc8)c7c65)c(C#N)c(-n5c6ccccc6c6ccccc65)c4-n4c5ccccc5c5ccccc54)ccc32)c(C#N)c1-n1c2ccccc2c2c1ccc1c3ccccc3n(-c3ccccc3)c12. The van der Waals surface area contributed by atoms with E-state index < -0.39 is 0 Å². The van der Waals surface area contributed by atoms with Crippen LogP contribution in [0.3, 0.4) is 0 Å². The molecule has 0 unspecified atom stereocenters. The van der Waals surface area contributed by atoms with Crippen LogP contribution < -0.4 is 0 Å². The average molecular weight is 1910 g/mol. The Bertz CT molecular complexity index is 11600. The fourth-order valence-corrected chi connectivity index (χ4v) is 26.2. The van der Waals surface area contributed by atoms with Crippen LogP contribution in [0.15, 0.2) is 461 Å². The second-order valence-electron chi connectivity index (χ2n) is 39.2. The lowest BCUT2D eigenvalue weighted by Crippen LogP contribution is -2.17. The van der Waals surface area contributed by atoms with Crippen LogP contribution in [0.1, 0.15) is 22.3 Å². The van der Waals surface area contributed by atoms with Crippen molar-refractivity contribution >= 4 is 218 Å². The van der Waals surface area contributed by atoms with Crippen LogP contribution in [0.2, 0.25) is 0 Å². The van der Waals surface area contributed by atoms with Gasteiger partial charge in [0.1, 0.15) is 46.5 Å². The van der Waals surface area contributed by atoms with Gasteiger partial charge < -0.3 is 45.7 Å². The molecular formula is C136H76N14. The van der Waals surface area contributed by atoms with Gasteiger partial charge in [0.25, 0.3) is 0 Å². The van der Waals surface area contributed by atoms with E-state index in [0.717, 1.165) is 241 Å². The molecule has 0 amide bonds. The van der Waals surface area contributed by atoms with Gasteiger partial charge >= 0.3 is 0 Å². The van der Waals surface area contributed by atoms with Gasteiger partial charge in [-0.05, 0) is 151 Å². The van der Waals surface area contributed by atoms with Gasteiger partial charge in [0.05, 0.1) is 156 Å². The highest BCUT2D eigenvalue weighted by Gasteiger charge is 2.40. The van der Waals surface area contributed by atoms with Gasteiger partial charge in [-0.3, -0.25) is 0 Å². The predicted octanol–water partition coefficient (Wildman–Crippen LogP) is 33.8. The van der Waals surface area contributed by atoms with E-state index in [9.17, 15) is 21.0 Å². The maximum absolute atomic E-state index is 13.6. The number of para-hydroxylation sites is 16. The lowest BCUT2D eigenvalue weighted by molar-refractivity contribution is 1.02. The Kier molecular flexibility index (Phi) is 17.1. The number of benzene rings is 22. The molecule has 22 aromatic carbocycles. The Morgan fingerprint density at radius 2 is 0.313 bits per heavy atom. The van der Waals surface area contributed by atoms with Crippen molar-refractivity contribution in [2.24, 2.45) is 0 Å². The van der Waals surface area contributed by atoms with Crippen molar-refractivity contribution in [3.05, 3.63) is 483 Å². The topological polar surface area (TPSA) is 144 Å². The van der Waals surface area contributed by atoms with Crippen LogP contribution >= 0.6 is 0 Å². The Balaban J connectivity index is 0.703. The molecule has 0 bridgehead atoms. The number of rotatable bonds is 11. The van der Waals surface area contributed by atoms with E-state index in [2.05, 4.69) is 531 Å². The summed E-state index contributed by atoms with van der Waals surface area (Å²) in [5.41, 5.74) is 27.0. The summed E-state index contributed by atoms with van der Waals surface area (Å²) in [6, 6.07) is 175. The van der Waals surface area contributed by atoms with E-state index in [-0.39, 0.29) is 11.1 Å². The first-order chi connectivity index (χ1) is 74.4. The zero-order chi connectivity index (χ0) is 98.7. The third kappa shape index (κ3) is 10.9. The molecule has 0 saturated heterocycles. The predicted molar refractivity (Wildman–Crippen MR) is 614 cm³/mol. The molecule has 0 aliphatic carbocycles. The highest BCUT2D eigenvalue weighted by molar-refractivity contribution is 6.29. The maximum atomic E-state index is 13.6. The third-order valence-corrected chi connectivity index (χ3v) is 32.0. The van der Waals surface area contributed by atoms with E-state index >= 15 is 0 Å². The summed E-state index contributed by atoms with van der Waals surface area (Å²) >= 11 is 0. The van der Waals surface area contributed by atoms with Gasteiger partial charge in [-0.2, -0.15) is 21.0 Å². The van der Waals surface area contributed by atoms with Crippen LogP contribution in [0.4, 0.5) is 0 Å². The summed E-state index contributed by atoms with van der Waals surface area (Å²) in [5.74, 6) is 0. The Morgan fingerprint density at radius 3 is 0.607 bits per heavy atom. The van der Waals surface area contributed by atoms with E-state index in [4.69, 9.17) is 0 Å². The smallest absolute Gasteiger partial charge is 0.104 e. The van der Waals surface area contributed by atoms with Crippen molar-refractivity contribution in [1.29, 1.82) is 21.0 Å². The first-order valence-electron chi connectivity index (χ1n) is 50.6. The van der Waals surface area contributed by atoms with Crippen molar-refractivity contribution < 1.29 is 0 Å². The van der Waals surface area contributed by atoms with E-state index in [0.29, 0.717) is 56.6 Å². The minimum Gasteiger partial charge on any atom is -0.309 e. The molecule has 0 N–H and O–H groups in total. The van der Waals surface area contributed by atoms with E-state index in [1.54, 1.807) is 0 Å². The van der Waals surface area contributed by atoms with E-state index in [1.807, 2.05) is 0 Å². The standard InChI is InChI=1S/C136H76N14/c137-77-104-126(149-121-66-34-20-52-101(121)125-124(149)74-71-98-93-47-15-21-53-108(93)141(128(98)125)83-35-3-1-4-36-83)105(78-138)132(135(147-114-59-27-11-43-89(114)90-44-12-28-60-115(90)147)131(104)143-110-55-23-7-39-85(110)86-40-8-24-56-111(86)143)145-118-63-31-18-50-96(118)102-75-81(67-72-122(102)145)82-68-73-123-103(76-82)97-51-19-32-64-119(97)146(123)134-107(80-140)127(150-120-65-33-17-49-95(120)100-70-69-99-94-48-16-22-54-109(94)142(129(99)130(100)150)84-37-5-2-6-38-84)106(79-139)133(144-112-57-25-9-41-87(112)88-42-10-26-58-113(88)144)136(134)148-116-61-29-13-45-91(116)92-46-14-30-62-117(92)148/h1-76H. The zero-order valence-corrected chi connectivity index (χ0v) is 80.1. The summed E-state index contributed by atoms with van der Waals surface area (Å²) in [5, 5.41) is 73.7. The van der Waals surface area contributed by atoms with Crippen LogP contribution in [0.25, 0.3) is 286 Å². The molecule has 14 nitrogen and oxygen atoms in total. The maximum Gasteiger partial charge on any atom is 0.104 e. The monoisotopic (exact) mass is 1900 g/mol. The number of nitrogens with zero attached hydrogens (tertiary/aromatic N) is 14. The molecule has 0 fully saturated rings. The fraction of sp³-hybridized carbons (Fsp3) is 0. The minimum absolute atomic E-state index is 0.278. The zero-order valence-electron chi connectivity index (χ0n) is 80.1. The lowest BCUT2D eigenvalue weighted by atomic mass is 9.98. The molecule has 0 saturated carbocycles. The summed E-state index contributed by atoms with van der Waals surface area (Å²) in [6.07, 6.45) is 0. The molecule has 14 heteroatoms. The molecule has 690 valence electrons. The molecule has 32 rings (SSSR count). The highest BCUT2D eigenvalue weighted by Crippen LogP contribution is 2.56. The Morgan fingerprint density at radius 1 is 0.127 bits per heavy atom. The fourth-order valence-electron chi connectivity index (χ4n) is 26.2. The Labute approximate surface area is 854 Å². The average Bonchev–Trinajstić information content (AvgIpc) is 1.51. The first kappa shape index (κ1) is 82.4. The summed E-state index contributed by atoms with van der Waals surface area (Å²) in [7, 11) is 0. The third-order valence-electron chi connectivity index (χ3n) is 32.0. The second kappa shape index (κ2) is 31.2. The first-order valence-corrected chi connectivity index (χ1v) is 50.6. The van der Waals surface area contributed by atoms with Crippen molar-refractivity contribution in [3.63, 3.8) is 0 Å². The molecule has 0 aliphatic heterocycles. The second-order valence-corrected chi connectivity index (χ2v) is 39.2. The van der Waals surface area contributed by atoms with Crippen LogP contribution in [-0.4, -0.2) is 45.7 Å². The van der Waals surface area contributed by atoms with Crippen molar-refractivity contribution in [2.45, 2.75) is 0 Å². The number of hydrogen-bond acceptors (Lipinski definition) is 4. The number of hydrogen-bond donors (Lipinski definition) is 0. The number of nitriles is 4. The number of fused-ring (bicyclic) bond motifs is 32.